The second kappa shape index (κ2) is 6.63. The lowest BCUT2D eigenvalue weighted by Crippen LogP contribution is -2.44. The smallest absolute Gasteiger partial charge is 0.252 e. The molecule has 2 aliphatic rings. The van der Waals surface area contributed by atoms with Crippen molar-refractivity contribution >= 4 is 22.7 Å². The third-order valence-electron chi connectivity index (χ3n) is 5.43. The fraction of sp³-hybridized carbons (Fsp3) is 0.400. The van der Waals surface area contributed by atoms with Crippen molar-refractivity contribution in [3.8, 4) is 6.07 Å². The third-order valence-corrected chi connectivity index (χ3v) is 5.43. The SMILES string of the molecule is CC(O)c1ccc2nccc(C(=O)NCC(=O)N3[C@H](C#N)C[C@@H]4C[C@@H]43)c2c1. The molecule has 4 rings (SSSR count). The highest BCUT2D eigenvalue weighted by molar-refractivity contribution is 6.07. The predicted octanol–water partition coefficient (Wildman–Crippen LogP) is 1.53. The van der Waals surface area contributed by atoms with Crippen LogP contribution in [0.2, 0.25) is 0 Å². The molecule has 0 radical (unpaired) electrons. The minimum Gasteiger partial charge on any atom is -0.389 e. The largest absolute Gasteiger partial charge is 0.389 e. The van der Waals surface area contributed by atoms with Crippen LogP contribution in [0.1, 0.15) is 41.8 Å². The summed E-state index contributed by atoms with van der Waals surface area (Å²) in [5.74, 6) is -0.154. The summed E-state index contributed by atoms with van der Waals surface area (Å²) in [5.41, 5.74) is 1.73. The zero-order valence-corrected chi connectivity index (χ0v) is 14.9. The Hall–Kier alpha value is -2.98. The van der Waals surface area contributed by atoms with Crippen LogP contribution in [0.15, 0.2) is 30.5 Å². The second-order valence-electron chi connectivity index (χ2n) is 7.24. The fourth-order valence-corrected chi connectivity index (χ4v) is 3.89. The molecule has 1 saturated heterocycles. The number of carbonyl (C=O) groups excluding carboxylic acids is 2. The van der Waals surface area contributed by atoms with Crippen LogP contribution in [0.25, 0.3) is 10.9 Å². The van der Waals surface area contributed by atoms with E-state index in [0.717, 1.165) is 12.8 Å². The van der Waals surface area contributed by atoms with E-state index in [0.29, 0.717) is 27.9 Å². The van der Waals surface area contributed by atoms with Crippen molar-refractivity contribution in [3.05, 3.63) is 41.6 Å². The van der Waals surface area contributed by atoms with E-state index in [4.69, 9.17) is 0 Å². The average molecular weight is 364 g/mol. The van der Waals surface area contributed by atoms with Crippen LogP contribution in [-0.2, 0) is 4.79 Å². The number of likely N-dealkylation sites (tertiary alicyclic amines) is 1. The number of hydrogen-bond acceptors (Lipinski definition) is 5. The molecular weight excluding hydrogens is 344 g/mol. The lowest BCUT2D eigenvalue weighted by Gasteiger charge is -2.22. The Morgan fingerprint density at radius 2 is 2.22 bits per heavy atom. The van der Waals surface area contributed by atoms with Crippen LogP contribution in [0.3, 0.4) is 0 Å². The summed E-state index contributed by atoms with van der Waals surface area (Å²) >= 11 is 0. The Labute approximate surface area is 156 Å². The van der Waals surface area contributed by atoms with Crippen molar-refractivity contribution in [2.75, 3.05) is 6.54 Å². The van der Waals surface area contributed by atoms with Crippen LogP contribution >= 0.6 is 0 Å². The monoisotopic (exact) mass is 364 g/mol. The Morgan fingerprint density at radius 1 is 1.41 bits per heavy atom. The van der Waals surface area contributed by atoms with Gasteiger partial charge < -0.3 is 15.3 Å². The molecule has 7 heteroatoms. The molecule has 2 N–H and O–H groups in total. The zero-order valence-electron chi connectivity index (χ0n) is 14.9. The van der Waals surface area contributed by atoms with Gasteiger partial charge in [0.2, 0.25) is 5.91 Å². The molecule has 2 aromatic rings. The Morgan fingerprint density at radius 3 is 2.96 bits per heavy atom. The van der Waals surface area contributed by atoms with Gasteiger partial charge in [-0.2, -0.15) is 5.26 Å². The van der Waals surface area contributed by atoms with Gasteiger partial charge in [-0.15, -0.1) is 0 Å². The summed E-state index contributed by atoms with van der Waals surface area (Å²) in [6.45, 7) is 1.52. The van der Waals surface area contributed by atoms with Crippen LogP contribution in [0.5, 0.6) is 0 Å². The first-order valence-electron chi connectivity index (χ1n) is 9.05. The van der Waals surface area contributed by atoms with Gasteiger partial charge in [0.15, 0.2) is 0 Å². The molecule has 1 aliphatic heterocycles. The van der Waals surface area contributed by atoms with Gasteiger partial charge in [-0.25, -0.2) is 0 Å². The standard InChI is InChI=1S/C20H20N4O3/c1-11(25)12-2-3-17-16(7-12)15(4-5-22-17)20(27)23-10-19(26)24-14(9-21)6-13-8-18(13)24/h2-5,7,11,13-14,18,25H,6,8,10H2,1H3,(H,23,27)/t11?,13-,14+,18+/m1/s1. The van der Waals surface area contributed by atoms with E-state index in [1.165, 1.54) is 0 Å². The minimum absolute atomic E-state index is 0.139. The van der Waals surface area contributed by atoms with Crippen LogP contribution in [0.4, 0.5) is 0 Å². The van der Waals surface area contributed by atoms with Crippen molar-refractivity contribution < 1.29 is 14.7 Å². The molecule has 2 amide bonds. The first kappa shape index (κ1) is 17.4. The number of amides is 2. The molecular formula is C20H20N4O3. The normalized spacial score (nSPS) is 24.2. The lowest BCUT2D eigenvalue weighted by molar-refractivity contribution is -0.131. The summed E-state index contributed by atoms with van der Waals surface area (Å²) in [7, 11) is 0. The van der Waals surface area contributed by atoms with Gasteiger partial charge in [-0.3, -0.25) is 14.6 Å². The van der Waals surface area contributed by atoms with Gasteiger partial charge in [0.05, 0.1) is 29.8 Å². The van der Waals surface area contributed by atoms with E-state index in [-0.39, 0.29) is 30.4 Å². The predicted molar refractivity (Wildman–Crippen MR) is 97.5 cm³/mol. The van der Waals surface area contributed by atoms with E-state index >= 15 is 0 Å². The molecule has 138 valence electrons. The average Bonchev–Trinajstić information content (AvgIpc) is 3.34. The highest BCUT2D eigenvalue weighted by Crippen LogP contribution is 2.47. The molecule has 0 bridgehead atoms. The van der Waals surface area contributed by atoms with Crippen LogP contribution < -0.4 is 5.32 Å². The summed E-state index contributed by atoms with van der Waals surface area (Å²) in [4.78, 5) is 31.0. The maximum atomic E-state index is 12.7. The Kier molecular flexibility index (Phi) is 4.28. The number of rotatable bonds is 4. The van der Waals surface area contributed by atoms with Gasteiger partial charge in [0, 0.05) is 17.6 Å². The second-order valence-corrected chi connectivity index (χ2v) is 7.24. The summed E-state index contributed by atoms with van der Waals surface area (Å²) < 4.78 is 0. The van der Waals surface area contributed by atoms with E-state index < -0.39 is 6.10 Å². The number of aliphatic hydroxyl groups is 1. The highest BCUT2D eigenvalue weighted by Gasteiger charge is 2.53. The molecule has 1 aromatic heterocycles. The number of aromatic nitrogens is 1. The Bertz CT molecular complexity index is 965. The van der Waals surface area contributed by atoms with E-state index in [9.17, 15) is 20.0 Å². The number of hydrogen-bond donors (Lipinski definition) is 2. The number of benzene rings is 1. The summed E-state index contributed by atoms with van der Waals surface area (Å²) in [5, 5.41) is 22.3. The van der Waals surface area contributed by atoms with E-state index in [1.54, 1.807) is 42.3 Å². The maximum Gasteiger partial charge on any atom is 0.252 e. The molecule has 2 heterocycles. The van der Waals surface area contributed by atoms with Gasteiger partial charge in [-0.1, -0.05) is 6.07 Å². The fourth-order valence-electron chi connectivity index (χ4n) is 3.89. The van der Waals surface area contributed by atoms with E-state index in [2.05, 4.69) is 16.4 Å². The first-order valence-corrected chi connectivity index (χ1v) is 9.05. The Balaban J connectivity index is 1.51. The van der Waals surface area contributed by atoms with Crippen molar-refractivity contribution in [1.29, 1.82) is 5.26 Å². The number of nitrogens with zero attached hydrogens (tertiary/aromatic N) is 3. The lowest BCUT2D eigenvalue weighted by atomic mass is 10.0. The van der Waals surface area contributed by atoms with E-state index in [1.807, 2.05) is 0 Å². The van der Waals surface area contributed by atoms with Gasteiger partial charge in [0.25, 0.3) is 5.91 Å². The highest BCUT2D eigenvalue weighted by atomic mass is 16.3. The molecule has 1 aromatic carbocycles. The van der Waals surface area contributed by atoms with Crippen molar-refractivity contribution in [3.63, 3.8) is 0 Å². The molecule has 0 spiro atoms. The molecule has 1 aliphatic carbocycles. The molecule has 4 atom stereocenters. The molecule has 2 fully saturated rings. The molecule has 1 saturated carbocycles. The topological polar surface area (TPSA) is 106 Å². The molecule has 7 nitrogen and oxygen atoms in total. The number of carbonyl (C=O) groups is 2. The van der Waals surface area contributed by atoms with Crippen molar-refractivity contribution in [2.45, 2.75) is 38.0 Å². The van der Waals surface area contributed by atoms with Gasteiger partial charge in [0.1, 0.15) is 6.04 Å². The maximum absolute atomic E-state index is 12.7. The number of aliphatic hydroxyl groups excluding tert-OH is 1. The molecule has 27 heavy (non-hydrogen) atoms. The number of piperidine rings is 1. The molecule has 1 unspecified atom stereocenters. The zero-order chi connectivity index (χ0) is 19.1. The number of pyridine rings is 1. The number of fused-ring (bicyclic) bond motifs is 2. The van der Waals surface area contributed by atoms with Crippen LogP contribution in [0, 0.1) is 17.2 Å². The minimum atomic E-state index is -0.656. The van der Waals surface area contributed by atoms with Gasteiger partial charge in [-0.05, 0) is 49.4 Å². The first-order chi connectivity index (χ1) is 13.0. The van der Waals surface area contributed by atoms with Gasteiger partial charge >= 0.3 is 0 Å². The summed E-state index contributed by atoms with van der Waals surface area (Å²) in [6, 6.07) is 8.82. The van der Waals surface area contributed by atoms with Crippen molar-refractivity contribution in [1.82, 2.24) is 15.2 Å². The quantitative estimate of drug-likeness (QED) is 0.856. The number of nitrogens with one attached hydrogen (secondary N) is 1. The van der Waals surface area contributed by atoms with Crippen molar-refractivity contribution in [2.24, 2.45) is 5.92 Å². The third kappa shape index (κ3) is 3.13. The summed E-state index contributed by atoms with van der Waals surface area (Å²) in [6.07, 6.45) is 2.58. The number of nitriles is 1. The van der Waals surface area contributed by atoms with Crippen LogP contribution in [-0.4, -0.2) is 45.4 Å².